The van der Waals surface area contributed by atoms with Crippen LogP contribution < -0.4 is 9.47 Å². The number of carbonyl (C=O) groups excluding carboxylic acids is 1. The summed E-state index contributed by atoms with van der Waals surface area (Å²) in [4.78, 5) is 15.6. The Kier molecular flexibility index (Phi) is 7.70. The zero-order valence-electron chi connectivity index (χ0n) is 14.6. The summed E-state index contributed by atoms with van der Waals surface area (Å²) in [5.41, 5.74) is 3.19. The summed E-state index contributed by atoms with van der Waals surface area (Å²) in [6.07, 6.45) is 0. The highest BCUT2D eigenvalue weighted by Crippen LogP contribution is 2.28. The summed E-state index contributed by atoms with van der Waals surface area (Å²) in [6.45, 7) is -0.00364. The van der Waals surface area contributed by atoms with Crippen LogP contribution in [0.4, 0.5) is 0 Å². The Morgan fingerprint density at radius 3 is 2.62 bits per heavy atom. The average Bonchev–Trinajstić information content (AvgIpc) is 2.69. The third-order valence-electron chi connectivity index (χ3n) is 3.33. The molecule has 0 saturated heterocycles. The van der Waals surface area contributed by atoms with E-state index in [9.17, 15) is 4.79 Å². The molecule has 2 rings (SSSR count). The average molecular weight is 372 g/mol. The molecule has 0 aromatic heterocycles. The summed E-state index contributed by atoms with van der Waals surface area (Å²) in [7, 11) is 2.79. The normalized spacial score (nSPS) is 10.5. The number of methoxy groups -OCH3 is 2. The number of amidine groups is 1. The highest BCUT2D eigenvalue weighted by atomic mass is 32.2. The summed E-state index contributed by atoms with van der Waals surface area (Å²) in [5.74, 6) is 1.24. The van der Waals surface area contributed by atoms with Gasteiger partial charge in [0.15, 0.2) is 17.3 Å². The molecule has 0 amide bonds. The fraction of sp³-hybridized carbons (Fsp3) is 0.211. The van der Waals surface area contributed by atoms with Gasteiger partial charge >= 0.3 is 5.97 Å². The van der Waals surface area contributed by atoms with E-state index in [0.29, 0.717) is 17.1 Å². The molecule has 0 aliphatic heterocycles. The smallest absolute Gasteiger partial charge is 0.337 e. The Bertz CT molecular complexity index is 778. The van der Waals surface area contributed by atoms with Crippen LogP contribution in [-0.4, -0.2) is 38.2 Å². The monoisotopic (exact) mass is 372 g/mol. The fourth-order valence-corrected chi connectivity index (χ4v) is 2.68. The number of carbonyl (C=O) groups is 1. The largest absolute Gasteiger partial charge is 0.493 e. The molecule has 2 aromatic carbocycles. The van der Waals surface area contributed by atoms with Crippen molar-refractivity contribution < 1.29 is 19.0 Å². The van der Waals surface area contributed by atoms with E-state index in [0.717, 1.165) is 5.75 Å². The van der Waals surface area contributed by atoms with Gasteiger partial charge in [-0.15, -0.1) is 11.8 Å². The predicted octanol–water partition coefficient (Wildman–Crippen LogP) is 3.80. The van der Waals surface area contributed by atoms with Crippen LogP contribution in [0.25, 0.3) is 0 Å². The Balaban J connectivity index is 1.84. The second-order valence-electron chi connectivity index (χ2n) is 5.12. The number of aliphatic imine (C=N–C) groups is 1. The lowest BCUT2D eigenvalue weighted by atomic mass is 10.2. The van der Waals surface area contributed by atoms with Crippen molar-refractivity contribution in [2.45, 2.75) is 5.75 Å². The van der Waals surface area contributed by atoms with Crippen molar-refractivity contribution in [3.63, 3.8) is 0 Å². The van der Waals surface area contributed by atoms with Gasteiger partial charge in [-0.1, -0.05) is 30.3 Å². The van der Waals surface area contributed by atoms with Crippen LogP contribution in [-0.2, 0) is 10.5 Å². The van der Waals surface area contributed by atoms with Crippen molar-refractivity contribution in [3.05, 3.63) is 59.7 Å². The van der Waals surface area contributed by atoms with Gasteiger partial charge in [-0.05, 0) is 23.8 Å². The molecule has 0 aliphatic carbocycles. The maximum atomic E-state index is 11.5. The molecule has 0 atom stereocenters. The molecule has 0 fully saturated rings. The second-order valence-corrected chi connectivity index (χ2v) is 5.96. The van der Waals surface area contributed by atoms with Gasteiger partial charge in [0.25, 0.3) is 0 Å². The van der Waals surface area contributed by atoms with E-state index in [1.165, 1.54) is 37.6 Å². The number of hydrogen-bond donors (Lipinski definition) is 1. The molecule has 6 nitrogen and oxygen atoms in total. The SMILES string of the molecule is COC(=O)c1ccc(OCC(=N)N=CSCc2ccccc2)c(OC)c1. The quantitative estimate of drug-likeness (QED) is 0.433. The lowest BCUT2D eigenvalue weighted by Gasteiger charge is -2.11. The molecule has 0 spiro atoms. The van der Waals surface area contributed by atoms with Gasteiger partial charge in [0.05, 0.1) is 25.3 Å². The number of ether oxygens (including phenoxy) is 3. The minimum atomic E-state index is -0.456. The lowest BCUT2D eigenvalue weighted by molar-refractivity contribution is 0.0600. The first-order valence-electron chi connectivity index (χ1n) is 7.78. The van der Waals surface area contributed by atoms with E-state index in [1.54, 1.807) is 17.7 Å². The Morgan fingerprint density at radius 2 is 1.92 bits per heavy atom. The summed E-state index contributed by atoms with van der Waals surface area (Å²) in [6, 6.07) is 14.7. The highest BCUT2D eigenvalue weighted by molar-refractivity contribution is 8.11. The zero-order chi connectivity index (χ0) is 18.8. The number of benzene rings is 2. The molecule has 0 saturated carbocycles. The van der Waals surface area contributed by atoms with Gasteiger partial charge in [0, 0.05) is 5.75 Å². The van der Waals surface area contributed by atoms with Crippen LogP contribution in [0.15, 0.2) is 53.5 Å². The first-order chi connectivity index (χ1) is 12.6. The van der Waals surface area contributed by atoms with Gasteiger partial charge in [0.2, 0.25) is 0 Å². The van der Waals surface area contributed by atoms with Crippen LogP contribution in [0.1, 0.15) is 15.9 Å². The number of nitrogens with one attached hydrogen (secondary N) is 1. The Hall–Kier alpha value is -2.80. The van der Waals surface area contributed by atoms with E-state index in [2.05, 4.69) is 9.73 Å². The van der Waals surface area contributed by atoms with Crippen molar-refractivity contribution in [2.75, 3.05) is 20.8 Å². The number of thioether (sulfide) groups is 1. The second kappa shape index (κ2) is 10.2. The molecule has 0 unspecified atom stereocenters. The Labute approximate surface area is 156 Å². The van der Waals surface area contributed by atoms with E-state index >= 15 is 0 Å². The maximum Gasteiger partial charge on any atom is 0.337 e. The summed E-state index contributed by atoms with van der Waals surface area (Å²) in [5, 5.41) is 7.84. The maximum absolute atomic E-state index is 11.5. The van der Waals surface area contributed by atoms with Crippen molar-refractivity contribution in [1.29, 1.82) is 5.41 Å². The minimum Gasteiger partial charge on any atom is -0.493 e. The molecular weight excluding hydrogens is 352 g/mol. The third kappa shape index (κ3) is 5.93. The van der Waals surface area contributed by atoms with E-state index in [1.807, 2.05) is 30.3 Å². The van der Waals surface area contributed by atoms with Crippen molar-refractivity contribution in [2.24, 2.45) is 4.99 Å². The lowest BCUT2D eigenvalue weighted by Crippen LogP contribution is -2.09. The first-order valence-corrected chi connectivity index (χ1v) is 8.83. The van der Waals surface area contributed by atoms with Crippen molar-refractivity contribution in [3.8, 4) is 11.5 Å². The highest BCUT2D eigenvalue weighted by Gasteiger charge is 2.11. The van der Waals surface area contributed by atoms with E-state index in [4.69, 9.17) is 14.9 Å². The van der Waals surface area contributed by atoms with Gasteiger partial charge in [0.1, 0.15) is 6.61 Å². The molecule has 26 heavy (non-hydrogen) atoms. The van der Waals surface area contributed by atoms with Crippen LogP contribution >= 0.6 is 11.8 Å². The summed E-state index contributed by atoms with van der Waals surface area (Å²) >= 11 is 1.51. The third-order valence-corrected chi connectivity index (χ3v) is 4.08. The standard InChI is InChI=1S/C19H20N2O4S/c1-23-17-10-15(19(22)24-2)8-9-16(17)25-11-18(20)21-13-26-12-14-6-4-3-5-7-14/h3-10,13,20H,11-12H2,1-2H3. The molecule has 2 aromatic rings. The topological polar surface area (TPSA) is 81.0 Å². The van der Waals surface area contributed by atoms with Gasteiger partial charge < -0.3 is 14.2 Å². The van der Waals surface area contributed by atoms with Crippen molar-refractivity contribution in [1.82, 2.24) is 0 Å². The minimum absolute atomic E-state index is 0.00364. The number of esters is 1. The molecule has 0 aliphatic rings. The first kappa shape index (κ1) is 19.5. The Morgan fingerprint density at radius 1 is 1.15 bits per heavy atom. The van der Waals surface area contributed by atoms with Gasteiger partial charge in [-0.2, -0.15) is 0 Å². The number of nitrogens with zero attached hydrogens (tertiary/aromatic N) is 1. The van der Waals surface area contributed by atoms with Crippen LogP contribution in [0.2, 0.25) is 0 Å². The van der Waals surface area contributed by atoms with Crippen LogP contribution in [0.5, 0.6) is 11.5 Å². The van der Waals surface area contributed by atoms with Crippen molar-refractivity contribution >= 4 is 29.1 Å². The fourth-order valence-electron chi connectivity index (χ4n) is 2.02. The molecule has 0 radical (unpaired) electrons. The molecule has 0 heterocycles. The van der Waals surface area contributed by atoms with E-state index < -0.39 is 5.97 Å². The molecular formula is C19H20N2O4S. The molecule has 0 bridgehead atoms. The van der Waals surface area contributed by atoms with Crippen LogP contribution in [0.3, 0.4) is 0 Å². The van der Waals surface area contributed by atoms with E-state index in [-0.39, 0.29) is 12.4 Å². The van der Waals surface area contributed by atoms with Crippen LogP contribution in [0, 0.1) is 5.41 Å². The molecule has 7 heteroatoms. The zero-order valence-corrected chi connectivity index (χ0v) is 15.4. The van der Waals surface area contributed by atoms with Gasteiger partial charge in [-0.3, -0.25) is 5.41 Å². The molecule has 136 valence electrons. The molecule has 1 N–H and O–H groups in total. The summed E-state index contributed by atoms with van der Waals surface area (Å²) < 4.78 is 15.4. The predicted molar refractivity (Wildman–Crippen MR) is 104 cm³/mol. The number of rotatable bonds is 8. The number of hydrogen-bond acceptors (Lipinski definition) is 6. The van der Waals surface area contributed by atoms with Gasteiger partial charge in [-0.25, -0.2) is 9.79 Å².